The van der Waals surface area contributed by atoms with Crippen molar-refractivity contribution < 1.29 is 20.1 Å². The number of hydrogen-bond donors (Lipinski definition) is 4. The summed E-state index contributed by atoms with van der Waals surface area (Å²) in [5, 5.41) is 30.8. The predicted octanol–water partition coefficient (Wildman–Crippen LogP) is -2.00. The van der Waals surface area contributed by atoms with Gasteiger partial charge in [-0.1, -0.05) is 0 Å². The molecule has 3 atom stereocenters. The van der Waals surface area contributed by atoms with Gasteiger partial charge in [-0.25, -0.2) is 4.99 Å². The molecule has 0 amide bonds. The van der Waals surface area contributed by atoms with Gasteiger partial charge in [-0.3, -0.25) is 9.36 Å². The minimum atomic E-state index is -1.34. The highest BCUT2D eigenvalue weighted by molar-refractivity contribution is 5.81. The number of aliphatic imine (C=N–C) groups is 1. The van der Waals surface area contributed by atoms with E-state index < -0.39 is 30.4 Å². The second kappa shape index (κ2) is 5.57. The molecule has 1 aliphatic heterocycles. The van der Waals surface area contributed by atoms with E-state index in [1.54, 1.807) is 0 Å². The summed E-state index contributed by atoms with van der Waals surface area (Å²) in [5.41, 5.74) is -0.315. The van der Waals surface area contributed by atoms with E-state index >= 15 is 0 Å². The fourth-order valence-electron chi connectivity index (χ4n) is 1.85. The van der Waals surface area contributed by atoms with Crippen molar-refractivity contribution >= 4 is 17.7 Å². The van der Waals surface area contributed by atoms with Crippen LogP contribution in [0.3, 0.4) is 0 Å². The molecule has 0 radical (unpaired) electrons. The Hall–Kier alpha value is -1.97. The molecule has 0 saturated carbocycles. The zero-order valence-electron chi connectivity index (χ0n) is 11.0. The summed E-state index contributed by atoms with van der Waals surface area (Å²) < 4.78 is 6.14. The Balaban J connectivity index is 2.36. The van der Waals surface area contributed by atoms with Crippen LogP contribution in [0, 0.1) is 0 Å². The maximum absolute atomic E-state index is 12.1. The highest BCUT2D eigenvalue weighted by Gasteiger charge is 2.29. The van der Waals surface area contributed by atoms with Crippen LogP contribution in [-0.4, -0.2) is 63.1 Å². The summed E-state index contributed by atoms with van der Waals surface area (Å²) >= 11 is 0. The van der Waals surface area contributed by atoms with E-state index in [2.05, 4.69) is 15.3 Å². The molecule has 0 bridgehead atoms. The molecule has 0 unspecified atom stereocenters. The summed E-state index contributed by atoms with van der Waals surface area (Å²) in [6.07, 6.45) is -1.32. The first-order valence-corrected chi connectivity index (χ1v) is 5.92. The first-order chi connectivity index (χ1) is 9.49. The molecule has 110 valence electrons. The molecule has 0 aliphatic carbocycles. The molecule has 9 heteroatoms. The Morgan fingerprint density at radius 1 is 1.55 bits per heavy atom. The minimum Gasteiger partial charge on any atom is -0.468 e. The van der Waals surface area contributed by atoms with E-state index in [9.17, 15) is 15.0 Å². The number of anilines is 1. The van der Waals surface area contributed by atoms with Crippen LogP contribution in [0.2, 0.25) is 0 Å². The monoisotopic (exact) mass is 284 g/mol. The quantitative estimate of drug-likeness (QED) is 0.503. The number of nitrogens with zero attached hydrogens (tertiary/aromatic N) is 3. The lowest BCUT2D eigenvalue weighted by atomic mass is 10.1. The summed E-state index contributed by atoms with van der Waals surface area (Å²) in [4.78, 5) is 20.1. The first kappa shape index (κ1) is 14.4. The maximum atomic E-state index is 12.1. The standard InChI is InChI=1S/C11H16N4O5/c1-15-10(19)7-9(14-11(15)20-2)12-3-5(13-7)8(18)6(17)4-16/h3,5-6,8,13,16-18H,4H2,1-2H3/t5-,6+,8-/m0/s1. The van der Waals surface area contributed by atoms with Crippen molar-refractivity contribution in [1.82, 2.24) is 9.55 Å². The number of aromatic nitrogens is 2. The Bertz CT molecular complexity index is 585. The zero-order valence-corrected chi connectivity index (χ0v) is 11.0. The zero-order chi connectivity index (χ0) is 14.9. The van der Waals surface area contributed by atoms with Gasteiger partial charge >= 0.3 is 6.01 Å². The molecular weight excluding hydrogens is 268 g/mol. The van der Waals surface area contributed by atoms with Gasteiger partial charge in [0.05, 0.1) is 19.8 Å². The average molecular weight is 284 g/mol. The number of aliphatic hydroxyl groups excluding tert-OH is 3. The number of hydrogen-bond acceptors (Lipinski definition) is 8. The number of fused-ring (bicyclic) bond motifs is 1. The van der Waals surface area contributed by atoms with Gasteiger partial charge < -0.3 is 25.4 Å². The van der Waals surface area contributed by atoms with Crippen LogP contribution in [0.25, 0.3) is 0 Å². The van der Waals surface area contributed by atoms with Crippen LogP contribution in [0.4, 0.5) is 11.5 Å². The molecule has 0 spiro atoms. The molecule has 4 N–H and O–H groups in total. The molecule has 1 aromatic rings. The van der Waals surface area contributed by atoms with E-state index in [0.29, 0.717) is 0 Å². The molecular formula is C11H16N4O5. The lowest BCUT2D eigenvalue weighted by Gasteiger charge is -2.27. The van der Waals surface area contributed by atoms with E-state index in [1.807, 2.05) is 0 Å². The number of aliphatic hydroxyl groups is 3. The fourth-order valence-corrected chi connectivity index (χ4v) is 1.85. The normalized spacial score (nSPS) is 19.9. The third-order valence-corrected chi connectivity index (χ3v) is 3.03. The summed E-state index contributed by atoms with van der Waals surface area (Å²) in [6.45, 7) is -0.598. The number of rotatable bonds is 4. The molecule has 0 fully saturated rings. The molecule has 0 aromatic carbocycles. The largest absolute Gasteiger partial charge is 0.468 e. The van der Waals surface area contributed by atoms with Gasteiger partial charge in [-0.2, -0.15) is 4.98 Å². The molecule has 2 heterocycles. The van der Waals surface area contributed by atoms with Gasteiger partial charge in [0.15, 0.2) is 5.82 Å². The van der Waals surface area contributed by atoms with E-state index in [-0.39, 0.29) is 17.5 Å². The van der Waals surface area contributed by atoms with Crippen molar-refractivity contribution in [3.05, 3.63) is 10.4 Å². The van der Waals surface area contributed by atoms with Crippen molar-refractivity contribution in [2.45, 2.75) is 18.2 Å². The van der Waals surface area contributed by atoms with Crippen molar-refractivity contribution in [1.29, 1.82) is 0 Å². The molecule has 20 heavy (non-hydrogen) atoms. The second-order valence-electron chi connectivity index (χ2n) is 4.35. The Morgan fingerprint density at radius 3 is 2.85 bits per heavy atom. The topological polar surface area (TPSA) is 129 Å². The van der Waals surface area contributed by atoms with Gasteiger partial charge in [0, 0.05) is 13.3 Å². The molecule has 0 saturated heterocycles. The fraction of sp³-hybridized carbons (Fsp3) is 0.545. The third kappa shape index (κ3) is 2.38. The SMILES string of the molecule is COc1nc2c(c(=O)n1C)N[C@H]([C@H](O)[C@H](O)CO)C=N2. The third-order valence-electron chi connectivity index (χ3n) is 3.03. The van der Waals surface area contributed by atoms with Crippen LogP contribution < -0.4 is 15.6 Å². The smallest absolute Gasteiger partial charge is 0.300 e. The van der Waals surface area contributed by atoms with Crippen LogP contribution in [-0.2, 0) is 7.05 Å². The van der Waals surface area contributed by atoms with Crippen molar-refractivity contribution in [2.75, 3.05) is 19.0 Å². The van der Waals surface area contributed by atoms with Crippen LogP contribution in [0.15, 0.2) is 9.79 Å². The van der Waals surface area contributed by atoms with Gasteiger partial charge in [0.2, 0.25) is 0 Å². The minimum absolute atomic E-state index is 0.102. The highest BCUT2D eigenvalue weighted by atomic mass is 16.5. The van der Waals surface area contributed by atoms with E-state index in [0.717, 1.165) is 0 Å². The first-order valence-electron chi connectivity index (χ1n) is 5.92. The number of nitrogens with one attached hydrogen (secondary N) is 1. The molecule has 1 aliphatic rings. The van der Waals surface area contributed by atoms with Gasteiger partial charge in [-0.15, -0.1) is 0 Å². The second-order valence-corrected chi connectivity index (χ2v) is 4.35. The number of ether oxygens (including phenoxy) is 1. The Labute approximate surface area is 114 Å². The van der Waals surface area contributed by atoms with Gasteiger partial charge in [0.1, 0.15) is 17.9 Å². The van der Waals surface area contributed by atoms with Gasteiger partial charge in [-0.05, 0) is 0 Å². The number of methoxy groups -OCH3 is 1. The Kier molecular flexibility index (Phi) is 4.02. The van der Waals surface area contributed by atoms with Crippen LogP contribution in [0.5, 0.6) is 6.01 Å². The van der Waals surface area contributed by atoms with Crippen molar-refractivity contribution in [3.63, 3.8) is 0 Å². The lowest BCUT2D eigenvalue weighted by Crippen LogP contribution is -2.46. The van der Waals surface area contributed by atoms with Crippen molar-refractivity contribution in [2.24, 2.45) is 12.0 Å². The highest BCUT2D eigenvalue weighted by Crippen LogP contribution is 2.25. The summed E-state index contributed by atoms with van der Waals surface area (Å²) in [7, 11) is 2.88. The van der Waals surface area contributed by atoms with Crippen LogP contribution in [0.1, 0.15) is 0 Å². The Morgan fingerprint density at radius 2 is 2.25 bits per heavy atom. The van der Waals surface area contributed by atoms with Crippen LogP contribution >= 0.6 is 0 Å². The summed E-state index contributed by atoms with van der Waals surface area (Å²) in [5.74, 6) is 0.145. The van der Waals surface area contributed by atoms with E-state index in [4.69, 9.17) is 9.84 Å². The predicted molar refractivity (Wildman–Crippen MR) is 70.7 cm³/mol. The summed E-state index contributed by atoms with van der Waals surface area (Å²) in [6, 6.07) is -0.686. The molecule has 9 nitrogen and oxygen atoms in total. The average Bonchev–Trinajstić information content (AvgIpc) is 2.48. The van der Waals surface area contributed by atoms with E-state index in [1.165, 1.54) is 24.9 Å². The maximum Gasteiger partial charge on any atom is 0.300 e. The molecule has 2 rings (SSSR count). The van der Waals surface area contributed by atoms with Crippen molar-refractivity contribution in [3.8, 4) is 6.01 Å². The van der Waals surface area contributed by atoms with Gasteiger partial charge in [0.25, 0.3) is 5.56 Å². The lowest BCUT2D eigenvalue weighted by molar-refractivity contribution is -0.0136. The molecule has 1 aromatic heterocycles.